The van der Waals surface area contributed by atoms with Crippen LogP contribution in [0, 0.1) is 6.92 Å². The fourth-order valence-corrected chi connectivity index (χ4v) is 4.58. The van der Waals surface area contributed by atoms with Crippen molar-refractivity contribution in [3.8, 4) is 11.4 Å². The van der Waals surface area contributed by atoms with E-state index in [1.807, 2.05) is 0 Å². The summed E-state index contributed by atoms with van der Waals surface area (Å²) >= 11 is 0. The summed E-state index contributed by atoms with van der Waals surface area (Å²) < 4.78 is 15.3. The maximum absolute atomic E-state index is 13.4. The van der Waals surface area contributed by atoms with Crippen molar-refractivity contribution >= 4 is 29.1 Å². The van der Waals surface area contributed by atoms with Crippen LogP contribution in [-0.4, -0.2) is 89.5 Å². The van der Waals surface area contributed by atoms with Crippen LogP contribution < -0.4 is 16.0 Å². The molecule has 2 aliphatic rings. The van der Waals surface area contributed by atoms with Crippen LogP contribution in [-0.2, 0) is 19.1 Å². The summed E-state index contributed by atoms with van der Waals surface area (Å²) in [5.74, 6) is -2.03. The number of benzene rings is 2. The van der Waals surface area contributed by atoms with E-state index in [-0.39, 0.29) is 24.9 Å². The lowest BCUT2D eigenvalue weighted by Gasteiger charge is -2.35. The Hall–Kier alpha value is -4.33. The molecule has 3 N–H and O–H groups in total. The third-order valence-corrected chi connectivity index (χ3v) is 6.67. The van der Waals surface area contributed by atoms with Gasteiger partial charge in [0.2, 0.25) is 0 Å². The number of morpholine rings is 2. The number of amides is 3. The lowest BCUT2D eigenvalue weighted by Crippen LogP contribution is -2.55. The molecule has 0 aliphatic carbocycles. The van der Waals surface area contributed by atoms with Crippen molar-refractivity contribution in [2.75, 3.05) is 49.7 Å². The number of anilines is 2. The van der Waals surface area contributed by atoms with Crippen LogP contribution in [0.4, 0.5) is 11.4 Å². The molecule has 3 aromatic rings. The molecule has 0 saturated carbocycles. The highest BCUT2D eigenvalue weighted by molar-refractivity contribution is 6.05. The number of hydrogen-bond donors (Lipinski definition) is 3. The summed E-state index contributed by atoms with van der Waals surface area (Å²) in [5, 5.41) is 16.9. The summed E-state index contributed by atoms with van der Waals surface area (Å²) in [6.45, 7) is 3.98. The number of H-pyrrole nitrogens is 1. The van der Waals surface area contributed by atoms with E-state index in [9.17, 15) is 24.3 Å². The zero-order valence-corrected chi connectivity index (χ0v) is 21.1. The van der Waals surface area contributed by atoms with Gasteiger partial charge in [-0.1, -0.05) is 11.2 Å². The average molecular weight is 538 g/mol. The van der Waals surface area contributed by atoms with Crippen molar-refractivity contribution in [3.63, 3.8) is 0 Å². The maximum Gasteiger partial charge on any atom is 0.439 e. The lowest BCUT2D eigenvalue weighted by atomic mass is 10.0. The van der Waals surface area contributed by atoms with Gasteiger partial charge in [0, 0.05) is 42.1 Å². The van der Waals surface area contributed by atoms with Gasteiger partial charge in [0.1, 0.15) is 0 Å². The minimum Gasteiger partial charge on any atom is -0.380 e. The van der Waals surface area contributed by atoms with E-state index in [1.165, 1.54) is 4.90 Å². The molecule has 0 spiro atoms. The first-order valence-corrected chi connectivity index (χ1v) is 12.4. The normalized spacial score (nSPS) is 18.6. The zero-order valence-electron chi connectivity index (χ0n) is 21.1. The van der Waals surface area contributed by atoms with E-state index in [1.54, 1.807) is 54.3 Å². The Morgan fingerprint density at radius 3 is 2.51 bits per heavy atom. The number of aromatic nitrogens is 2. The number of ether oxygens (including phenoxy) is 2. The van der Waals surface area contributed by atoms with Gasteiger partial charge in [-0.3, -0.25) is 23.9 Å². The number of carbonyl (C=O) groups excluding carboxylic acids is 3. The molecule has 2 unspecified atom stereocenters. The van der Waals surface area contributed by atoms with Crippen LogP contribution in [0.2, 0.25) is 0 Å². The molecule has 1 aromatic heterocycles. The van der Waals surface area contributed by atoms with E-state index in [4.69, 9.17) is 9.47 Å². The van der Waals surface area contributed by atoms with Gasteiger partial charge in [-0.2, -0.15) is 0 Å². The molecule has 13 heteroatoms. The Balaban J connectivity index is 1.28. The minimum absolute atomic E-state index is 0.0897. The Labute approximate surface area is 222 Å². The molecule has 2 atom stereocenters. The molecule has 204 valence electrons. The number of nitrogens with zero attached hydrogens (tertiary/aromatic N) is 3. The second-order valence-electron chi connectivity index (χ2n) is 9.09. The number of aromatic amines is 1. The highest BCUT2D eigenvalue weighted by Gasteiger charge is 2.40. The SMILES string of the molecule is Cc1c(C(=O)N2CCOCC2)cccc1N1CCOC(C(O)C(=O)Nc2ccc(-c3noc(=O)[nH]3)cc2)C1=O. The molecule has 2 saturated heterocycles. The van der Waals surface area contributed by atoms with Crippen molar-refractivity contribution in [1.29, 1.82) is 0 Å². The van der Waals surface area contributed by atoms with Crippen molar-refractivity contribution in [3.05, 3.63) is 64.1 Å². The van der Waals surface area contributed by atoms with Crippen LogP contribution in [0.15, 0.2) is 51.8 Å². The highest BCUT2D eigenvalue weighted by Crippen LogP contribution is 2.28. The molecule has 39 heavy (non-hydrogen) atoms. The Kier molecular flexibility index (Phi) is 7.54. The first kappa shape index (κ1) is 26.3. The van der Waals surface area contributed by atoms with Gasteiger partial charge in [-0.15, -0.1) is 0 Å². The van der Waals surface area contributed by atoms with Crippen molar-refractivity contribution < 1.29 is 33.5 Å². The van der Waals surface area contributed by atoms with Gasteiger partial charge in [0.15, 0.2) is 18.0 Å². The minimum atomic E-state index is -1.79. The highest BCUT2D eigenvalue weighted by atomic mass is 16.5. The Bertz CT molecular complexity index is 1430. The number of carbonyl (C=O) groups is 3. The number of aliphatic hydroxyl groups is 1. The van der Waals surface area contributed by atoms with E-state index in [0.717, 1.165) is 0 Å². The van der Waals surface area contributed by atoms with E-state index in [0.29, 0.717) is 54.4 Å². The molecule has 2 aliphatic heterocycles. The lowest BCUT2D eigenvalue weighted by molar-refractivity contribution is -0.150. The number of hydrogen-bond acceptors (Lipinski definition) is 9. The van der Waals surface area contributed by atoms with Gasteiger partial charge < -0.3 is 29.7 Å². The quantitative estimate of drug-likeness (QED) is 0.407. The van der Waals surface area contributed by atoms with E-state index in [2.05, 4.69) is 20.0 Å². The Morgan fingerprint density at radius 2 is 1.82 bits per heavy atom. The second kappa shape index (κ2) is 11.2. The summed E-state index contributed by atoms with van der Waals surface area (Å²) in [4.78, 5) is 56.0. The van der Waals surface area contributed by atoms with Crippen molar-refractivity contribution in [2.24, 2.45) is 0 Å². The second-order valence-corrected chi connectivity index (χ2v) is 9.09. The van der Waals surface area contributed by atoms with Crippen LogP contribution in [0.25, 0.3) is 11.4 Å². The topological polar surface area (TPSA) is 167 Å². The number of aliphatic hydroxyl groups excluding tert-OH is 1. The van der Waals surface area contributed by atoms with Crippen LogP contribution in [0.1, 0.15) is 15.9 Å². The standard InChI is InChI=1S/C26H27N5O8/c1-15-18(24(34)30-9-12-37-13-10-30)3-2-4-19(15)31-11-14-38-21(25(31)35)20(32)23(33)27-17-7-5-16(6-8-17)22-28-26(36)39-29-22/h2-8,20-21,32H,9-14H2,1H3,(H,27,33)(H,28,29,36). The molecule has 2 aromatic carbocycles. The molecule has 5 rings (SSSR count). The maximum atomic E-state index is 13.4. The van der Waals surface area contributed by atoms with Gasteiger partial charge in [-0.05, 0) is 48.9 Å². The third-order valence-electron chi connectivity index (χ3n) is 6.67. The molecular formula is C26H27N5O8. The van der Waals surface area contributed by atoms with Crippen molar-refractivity contribution in [2.45, 2.75) is 19.1 Å². The zero-order chi connectivity index (χ0) is 27.5. The predicted octanol–water partition coefficient (Wildman–Crippen LogP) is 0.542. The molecule has 13 nitrogen and oxygen atoms in total. The molecule has 3 amide bonds. The fourth-order valence-electron chi connectivity index (χ4n) is 4.58. The van der Waals surface area contributed by atoms with Crippen LogP contribution >= 0.6 is 0 Å². The van der Waals surface area contributed by atoms with Gasteiger partial charge in [0.25, 0.3) is 17.7 Å². The van der Waals surface area contributed by atoms with Gasteiger partial charge >= 0.3 is 5.76 Å². The summed E-state index contributed by atoms with van der Waals surface area (Å²) in [5.41, 5.74) is 2.50. The average Bonchev–Trinajstić information content (AvgIpc) is 3.40. The molecule has 2 fully saturated rings. The third kappa shape index (κ3) is 5.46. The smallest absolute Gasteiger partial charge is 0.380 e. The number of nitrogens with one attached hydrogen (secondary N) is 2. The first-order valence-electron chi connectivity index (χ1n) is 12.4. The molecule has 0 radical (unpaired) electrons. The van der Waals surface area contributed by atoms with Gasteiger partial charge in [-0.25, -0.2) is 4.79 Å². The monoisotopic (exact) mass is 537 g/mol. The van der Waals surface area contributed by atoms with Crippen molar-refractivity contribution in [1.82, 2.24) is 15.0 Å². The number of rotatable bonds is 6. The fraction of sp³-hybridized carbons (Fsp3) is 0.346. The largest absolute Gasteiger partial charge is 0.439 e. The molecular weight excluding hydrogens is 510 g/mol. The summed E-state index contributed by atoms with van der Waals surface area (Å²) in [6.07, 6.45) is -3.22. The Morgan fingerprint density at radius 1 is 1.08 bits per heavy atom. The summed E-state index contributed by atoms with van der Waals surface area (Å²) in [6, 6.07) is 11.4. The predicted molar refractivity (Wildman–Crippen MR) is 137 cm³/mol. The summed E-state index contributed by atoms with van der Waals surface area (Å²) in [7, 11) is 0. The first-order chi connectivity index (χ1) is 18.8. The van der Waals surface area contributed by atoms with Crippen LogP contribution in [0.5, 0.6) is 0 Å². The van der Waals surface area contributed by atoms with Crippen LogP contribution in [0.3, 0.4) is 0 Å². The molecule has 0 bridgehead atoms. The van der Waals surface area contributed by atoms with Gasteiger partial charge in [0.05, 0.1) is 19.8 Å². The van der Waals surface area contributed by atoms with E-state index >= 15 is 0 Å². The van der Waals surface area contributed by atoms with E-state index < -0.39 is 29.8 Å². The molecule has 3 heterocycles.